The minimum Gasteiger partial charge on any atom is -0.368 e. The highest BCUT2D eigenvalue weighted by Crippen LogP contribution is 2.48. The zero-order chi connectivity index (χ0) is 24.4. The molecule has 180 valence electrons. The highest BCUT2D eigenvalue weighted by molar-refractivity contribution is 7.58. The van der Waals surface area contributed by atoms with Crippen LogP contribution >= 0.6 is 7.37 Å². The van der Waals surface area contributed by atoms with E-state index in [4.69, 9.17) is 11.5 Å². The number of amides is 2. The molecule has 0 aromatic heterocycles. The highest BCUT2D eigenvalue weighted by atomic mass is 31.2. The predicted molar refractivity (Wildman–Crippen MR) is 132 cm³/mol. The maximum absolute atomic E-state index is 13.1. The van der Waals surface area contributed by atoms with Crippen LogP contribution in [0.15, 0.2) is 60.7 Å². The van der Waals surface area contributed by atoms with E-state index in [0.29, 0.717) is 19.3 Å². The summed E-state index contributed by atoms with van der Waals surface area (Å²) in [5.74, 6) is -2.67. The molecule has 2 amide bonds. The molecule has 0 aliphatic carbocycles. The Morgan fingerprint density at radius 1 is 1.00 bits per heavy atom. The van der Waals surface area contributed by atoms with Gasteiger partial charge in [0, 0.05) is 18.5 Å². The molecule has 2 rings (SSSR count). The zero-order valence-corrected chi connectivity index (χ0v) is 20.3. The Bertz CT molecular complexity index is 937. The van der Waals surface area contributed by atoms with Crippen molar-refractivity contribution in [1.82, 2.24) is 5.32 Å². The Morgan fingerprint density at radius 3 is 2.06 bits per heavy atom. The second-order valence-corrected chi connectivity index (χ2v) is 11.5. The van der Waals surface area contributed by atoms with E-state index < -0.39 is 36.9 Å². The molecule has 8 heteroatoms. The summed E-state index contributed by atoms with van der Waals surface area (Å²) in [5, 5.41) is 2.70. The molecular formula is C25H36N3O4P. The molecule has 0 saturated carbocycles. The molecule has 0 aliphatic heterocycles. The van der Waals surface area contributed by atoms with E-state index in [1.54, 1.807) is 0 Å². The van der Waals surface area contributed by atoms with Crippen LogP contribution in [0.5, 0.6) is 0 Å². The molecular weight excluding hydrogens is 437 g/mol. The van der Waals surface area contributed by atoms with Gasteiger partial charge in [0.15, 0.2) is 0 Å². The van der Waals surface area contributed by atoms with Gasteiger partial charge in [-0.1, -0.05) is 74.5 Å². The normalized spacial score (nSPS) is 15.9. The number of carbonyl (C=O) groups is 2. The monoisotopic (exact) mass is 473 g/mol. The standard InChI is InChI=1S/C25H36N3O4P/c1-18(2)15-21(17-33(31,32)23(26)14-13-19-9-5-3-6-10-19)25(30)28-22(24(27)29)16-20-11-7-4-8-12-20/h3-12,18,21-23H,13-17,26H2,1-2H3,(H2,27,29)(H,28,30)(H,31,32)/t21-,22-,23-/m1/s1. The van der Waals surface area contributed by atoms with Crippen LogP contribution in [0.2, 0.25) is 0 Å². The van der Waals surface area contributed by atoms with Gasteiger partial charge in [-0.2, -0.15) is 0 Å². The summed E-state index contributed by atoms with van der Waals surface area (Å²) in [6, 6.07) is 18.0. The van der Waals surface area contributed by atoms with Crippen molar-refractivity contribution in [2.75, 3.05) is 6.16 Å². The van der Waals surface area contributed by atoms with Crippen LogP contribution in [0.25, 0.3) is 0 Å². The SMILES string of the molecule is CC(C)C[C@H](CP(=O)(O)[C@@H](N)CCc1ccccc1)C(=O)N[C@H](Cc1ccccc1)C(N)=O. The van der Waals surface area contributed by atoms with Crippen molar-refractivity contribution in [3.8, 4) is 0 Å². The first kappa shape index (κ1) is 26.8. The molecule has 2 aromatic carbocycles. The largest absolute Gasteiger partial charge is 0.368 e. The minimum atomic E-state index is -3.82. The molecule has 6 N–H and O–H groups in total. The lowest BCUT2D eigenvalue weighted by Crippen LogP contribution is -2.48. The van der Waals surface area contributed by atoms with Gasteiger partial charge in [0.05, 0.1) is 5.78 Å². The van der Waals surface area contributed by atoms with E-state index in [0.717, 1.165) is 11.1 Å². The number of aryl methyl sites for hydroxylation is 1. The van der Waals surface area contributed by atoms with Crippen LogP contribution in [0.3, 0.4) is 0 Å². The average molecular weight is 474 g/mol. The molecule has 1 unspecified atom stereocenters. The summed E-state index contributed by atoms with van der Waals surface area (Å²) in [7, 11) is -3.82. The third kappa shape index (κ3) is 9.12. The average Bonchev–Trinajstić information content (AvgIpc) is 2.77. The van der Waals surface area contributed by atoms with E-state index in [-0.39, 0.29) is 18.5 Å². The van der Waals surface area contributed by atoms with E-state index >= 15 is 0 Å². The van der Waals surface area contributed by atoms with Gasteiger partial charge in [0.25, 0.3) is 0 Å². The van der Waals surface area contributed by atoms with Crippen molar-refractivity contribution in [1.29, 1.82) is 0 Å². The lowest BCUT2D eigenvalue weighted by Gasteiger charge is -2.26. The Balaban J connectivity index is 2.06. The Labute approximate surface area is 196 Å². The molecule has 0 aliphatic rings. The quantitative estimate of drug-likeness (QED) is 0.332. The molecule has 0 saturated heterocycles. The van der Waals surface area contributed by atoms with Gasteiger partial charge in [-0.05, 0) is 36.3 Å². The Hall–Kier alpha value is -2.47. The van der Waals surface area contributed by atoms with Crippen molar-refractivity contribution in [3.63, 3.8) is 0 Å². The van der Waals surface area contributed by atoms with Crippen LogP contribution in [0.1, 0.15) is 37.8 Å². The van der Waals surface area contributed by atoms with Crippen molar-refractivity contribution in [2.45, 2.75) is 51.4 Å². The van der Waals surface area contributed by atoms with Crippen LogP contribution in [0.4, 0.5) is 0 Å². The Morgan fingerprint density at radius 2 is 1.55 bits per heavy atom. The number of hydrogen-bond acceptors (Lipinski definition) is 4. The number of primary amides is 1. The van der Waals surface area contributed by atoms with Crippen molar-refractivity contribution >= 4 is 19.2 Å². The van der Waals surface area contributed by atoms with E-state index in [9.17, 15) is 19.0 Å². The second kappa shape index (κ2) is 12.7. The van der Waals surface area contributed by atoms with E-state index in [1.807, 2.05) is 74.5 Å². The summed E-state index contributed by atoms with van der Waals surface area (Å²) in [4.78, 5) is 35.8. The fourth-order valence-electron chi connectivity index (χ4n) is 3.81. The van der Waals surface area contributed by atoms with Gasteiger partial charge in [-0.3, -0.25) is 14.2 Å². The number of rotatable bonds is 13. The number of carbonyl (C=O) groups excluding carboxylic acids is 2. The van der Waals surface area contributed by atoms with Crippen LogP contribution in [-0.2, 0) is 27.0 Å². The molecule has 0 radical (unpaired) electrons. The van der Waals surface area contributed by atoms with Gasteiger partial charge in [-0.25, -0.2) is 0 Å². The van der Waals surface area contributed by atoms with Gasteiger partial charge < -0.3 is 21.7 Å². The molecule has 0 heterocycles. The molecule has 0 bridgehead atoms. The maximum atomic E-state index is 13.1. The van der Waals surface area contributed by atoms with Gasteiger partial charge in [0.2, 0.25) is 19.2 Å². The first-order valence-corrected chi connectivity index (χ1v) is 13.2. The van der Waals surface area contributed by atoms with E-state index in [1.165, 1.54) is 0 Å². The minimum absolute atomic E-state index is 0.113. The number of benzene rings is 2. The summed E-state index contributed by atoms with van der Waals surface area (Å²) >= 11 is 0. The van der Waals surface area contributed by atoms with Crippen molar-refractivity contribution < 1.29 is 19.0 Å². The molecule has 33 heavy (non-hydrogen) atoms. The number of nitrogens with two attached hydrogens (primary N) is 2. The van der Waals surface area contributed by atoms with Crippen molar-refractivity contribution in [3.05, 3.63) is 71.8 Å². The maximum Gasteiger partial charge on any atom is 0.240 e. The number of nitrogens with one attached hydrogen (secondary N) is 1. The number of hydrogen-bond donors (Lipinski definition) is 4. The third-order valence-electron chi connectivity index (χ3n) is 5.64. The fraction of sp³-hybridized carbons (Fsp3) is 0.440. The van der Waals surface area contributed by atoms with Crippen LogP contribution in [0, 0.1) is 11.8 Å². The summed E-state index contributed by atoms with van der Waals surface area (Å²) < 4.78 is 13.1. The van der Waals surface area contributed by atoms with Gasteiger partial charge >= 0.3 is 0 Å². The van der Waals surface area contributed by atoms with Gasteiger partial charge in [-0.15, -0.1) is 0 Å². The Kier molecular flexibility index (Phi) is 10.3. The first-order valence-electron chi connectivity index (χ1n) is 11.3. The molecule has 2 aromatic rings. The predicted octanol–water partition coefficient (Wildman–Crippen LogP) is 3.05. The first-order chi connectivity index (χ1) is 15.6. The summed E-state index contributed by atoms with van der Waals surface area (Å²) in [6.45, 7) is 3.88. The highest BCUT2D eigenvalue weighted by Gasteiger charge is 2.35. The fourth-order valence-corrected chi connectivity index (χ4v) is 5.56. The molecule has 7 nitrogen and oxygen atoms in total. The second-order valence-electron chi connectivity index (χ2n) is 9.01. The topological polar surface area (TPSA) is 136 Å². The molecule has 0 spiro atoms. The smallest absolute Gasteiger partial charge is 0.240 e. The van der Waals surface area contributed by atoms with Gasteiger partial charge in [0.1, 0.15) is 6.04 Å². The molecule has 4 atom stereocenters. The van der Waals surface area contributed by atoms with Crippen molar-refractivity contribution in [2.24, 2.45) is 23.3 Å². The summed E-state index contributed by atoms with van der Waals surface area (Å²) in [5.41, 5.74) is 13.5. The summed E-state index contributed by atoms with van der Waals surface area (Å²) in [6.07, 6.45) is 1.34. The van der Waals surface area contributed by atoms with Crippen LogP contribution in [-0.4, -0.2) is 34.7 Å². The van der Waals surface area contributed by atoms with E-state index in [2.05, 4.69) is 5.32 Å². The molecule has 0 fully saturated rings. The lowest BCUT2D eigenvalue weighted by molar-refractivity contribution is -0.129. The third-order valence-corrected chi connectivity index (χ3v) is 7.90. The van der Waals surface area contributed by atoms with Crippen LogP contribution < -0.4 is 16.8 Å². The zero-order valence-electron chi connectivity index (χ0n) is 19.4. The lowest BCUT2D eigenvalue weighted by atomic mass is 9.97.